The fraction of sp³-hybridized carbons (Fsp3) is 0.0833. The number of rotatable bonds is 4. The lowest BCUT2D eigenvalue weighted by Gasteiger charge is -2.14. The lowest BCUT2D eigenvalue weighted by Crippen LogP contribution is -2.07. The maximum Gasteiger partial charge on any atom is 0.417 e. The fourth-order valence-corrected chi connectivity index (χ4v) is 3.47. The van der Waals surface area contributed by atoms with Gasteiger partial charge in [-0.05, 0) is 23.3 Å². The van der Waals surface area contributed by atoms with E-state index in [4.69, 9.17) is 4.52 Å². The van der Waals surface area contributed by atoms with Gasteiger partial charge in [0, 0.05) is 22.9 Å². The predicted octanol–water partition coefficient (Wildman–Crippen LogP) is 5.92. The Balaban J connectivity index is 1.48. The number of aromatic nitrogens is 2. The maximum atomic E-state index is 13.8. The lowest BCUT2D eigenvalue weighted by molar-refractivity contribution is -0.137. The van der Waals surface area contributed by atoms with Gasteiger partial charge in [0.05, 0.1) is 12.1 Å². The summed E-state index contributed by atoms with van der Waals surface area (Å²) in [6.07, 6.45) is -2.81. The van der Waals surface area contributed by atoms with Gasteiger partial charge in [-0.15, -0.1) is 0 Å². The van der Waals surface area contributed by atoms with Crippen LogP contribution in [0, 0.1) is 0 Å². The topological polar surface area (TPSA) is 63.6 Å². The lowest BCUT2D eigenvalue weighted by atomic mass is 9.97. The van der Waals surface area contributed by atoms with Gasteiger partial charge in [0.1, 0.15) is 0 Å². The molecule has 1 aliphatic heterocycles. The molecule has 0 bridgehead atoms. The van der Waals surface area contributed by atoms with E-state index in [9.17, 15) is 13.2 Å². The zero-order valence-corrected chi connectivity index (χ0v) is 16.5. The molecule has 0 atom stereocenters. The van der Waals surface area contributed by atoms with Crippen LogP contribution in [0.15, 0.2) is 87.3 Å². The first-order chi connectivity index (χ1) is 15.5. The van der Waals surface area contributed by atoms with Crippen molar-refractivity contribution in [2.45, 2.75) is 6.18 Å². The smallest absolute Gasteiger partial charge is 0.334 e. The van der Waals surface area contributed by atoms with E-state index in [1.54, 1.807) is 54.7 Å². The summed E-state index contributed by atoms with van der Waals surface area (Å²) in [5.41, 5.74) is 1.54. The van der Waals surface area contributed by atoms with Crippen molar-refractivity contribution >= 4 is 12.1 Å². The Morgan fingerprint density at radius 2 is 1.50 bits per heavy atom. The summed E-state index contributed by atoms with van der Waals surface area (Å²) >= 11 is 0. The standard InChI is InChI=1S/C24H15F3N4O/c25-24(26,27)20-14-18(10-11-19(20)15-4-2-1-3-5-15)23-30-22(31-32-23)17-8-6-16(7-9-17)21-28-12-13-29-21/h1-12,14H,13H2. The summed E-state index contributed by atoms with van der Waals surface area (Å²) < 4.78 is 46.6. The van der Waals surface area contributed by atoms with Gasteiger partial charge < -0.3 is 4.52 Å². The highest BCUT2D eigenvalue weighted by molar-refractivity contribution is 6.06. The summed E-state index contributed by atoms with van der Waals surface area (Å²) in [6.45, 7) is 0.564. The zero-order chi connectivity index (χ0) is 22.1. The Labute approximate surface area is 181 Å². The quantitative estimate of drug-likeness (QED) is 0.402. The molecule has 0 saturated heterocycles. The van der Waals surface area contributed by atoms with E-state index in [-0.39, 0.29) is 22.8 Å². The van der Waals surface area contributed by atoms with Crippen molar-refractivity contribution in [3.05, 3.63) is 83.9 Å². The van der Waals surface area contributed by atoms with Crippen LogP contribution in [0.1, 0.15) is 11.1 Å². The molecule has 0 spiro atoms. The Morgan fingerprint density at radius 3 is 2.19 bits per heavy atom. The molecule has 1 aromatic heterocycles. The zero-order valence-electron chi connectivity index (χ0n) is 16.5. The van der Waals surface area contributed by atoms with E-state index in [0.717, 1.165) is 11.6 Å². The third-order valence-electron chi connectivity index (χ3n) is 5.02. The Kier molecular flexibility index (Phi) is 4.89. The van der Waals surface area contributed by atoms with Crippen LogP contribution in [0.2, 0.25) is 0 Å². The third-order valence-corrected chi connectivity index (χ3v) is 5.02. The second-order valence-corrected chi connectivity index (χ2v) is 7.10. The number of nitrogens with zero attached hydrogens (tertiary/aromatic N) is 4. The number of halogens is 3. The first-order valence-corrected chi connectivity index (χ1v) is 9.77. The van der Waals surface area contributed by atoms with E-state index in [1.807, 2.05) is 12.1 Å². The molecular formula is C24H15F3N4O. The maximum absolute atomic E-state index is 13.8. The monoisotopic (exact) mass is 432 g/mol. The molecule has 3 aromatic carbocycles. The van der Waals surface area contributed by atoms with Crippen LogP contribution in [0.5, 0.6) is 0 Å². The van der Waals surface area contributed by atoms with Crippen molar-refractivity contribution < 1.29 is 17.7 Å². The van der Waals surface area contributed by atoms with Gasteiger partial charge >= 0.3 is 6.18 Å². The molecule has 1 aliphatic rings. The van der Waals surface area contributed by atoms with Gasteiger partial charge in [-0.1, -0.05) is 65.8 Å². The van der Waals surface area contributed by atoms with Gasteiger partial charge in [0.2, 0.25) is 5.82 Å². The van der Waals surface area contributed by atoms with Crippen molar-refractivity contribution in [2.75, 3.05) is 6.54 Å². The second-order valence-electron chi connectivity index (χ2n) is 7.10. The molecule has 0 N–H and O–H groups in total. The van der Waals surface area contributed by atoms with Crippen molar-refractivity contribution in [3.8, 4) is 34.0 Å². The number of benzene rings is 3. The Hall–Kier alpha value is -4.07. The summed E-state index contributed by atoms with van der Waals surface area (Å²) in [7, 11) is 0. The predicted molar refractivity (Wildman–Crippen MR) is 116 cm³/mol. The van der Waals surface area contributed by atoms with E-state index in [1.165, 1.54) is 6.07 Å². The summed E-state index contributed by atoms with van der Waals surface area (Å²) in [5, 5.41) is 3.94. The molecule has 0 fully saturated rings. The summed E-state index contributed by atoms with van der Waals surface area (Å²) in [6, 6.07) is 19.7. The molecule has 0 unspecified atom stereocenters. The minimum Gasteiger partial charge on any atom is -0.334 e. The molecule has 8 heteroatoms. The molecule has 0 amide bonds. The molecule has 32 heavy (non-hydrogen) atoms. The number of amidine groups is 1. The molecule has 0 saturated carbocycles. The van der Waals surface area contributed by atoms with Crippen LogP contribution in [0.25, 0.3) is 34.0 Å². The van der Waals surface area contributed by atoms with Crippen LogP contribution < -0.4 is 0 Å². The highest BCUT2D eigenvalue weighted by Gasteiger charge is 2.34. The van der Waals surface area contributed by atoms with E-state index in [2.05, 4.69) is 20.1 Å². The molecule has 4 aromatic rings. The van der Waals surface area contributed by atoms with Crippen LogP contribution in [-0.2, 0) is 6.18 Å². The molecule has 0 aliphatic carbocycles. The van der Waals surface area contributed by atoms with Gasteiger partial charge in [-0.2, -0.15) is 18.2 Å². The minimum absolute atomic E-state index is 0.0129. The number of alkyl halides is 3. The molecule has 0 radical (unpaired) electrons. The van der Waals surface area contributed by atoms with Crippen LogP contribution in [0.4, 0.5) is 13.2 Å². The molecule has 2 heterocycles. The Morgan fingerprint density at radius 1 is 0.781 bits per heavy atom. The van der Waals surface area contributed by atoms with Gasteiger partial charge in [-0.3, -0.25) is 4.99 Å². The number of hydrogen-bond donors (Lipinski definition) is 0. The molecular weight excluding hydrogens is 417 g/mol. The average Bonchev–Trinajstić information content (AvgIpc) is 3.52. The van der Waals surface area contributed by atoms with Crippen LogP contribution in [-0.4, -0.2) is 28.7 Å². The summed E-state index contributed by atoms with van der Waals surface area (Å²) in [4.78, 5) is 12.8. The third kappa shape index (κ3) is 3.82. The first kappa shape index (κ1) is 19.9. The van der Waals surface area contributed by atoms with E-state index >= 15 is 0 Å². The molecule has 158 valence electrons. The highest BCUT2D eigenvalue weighted by atomic mass is 19.4. The Bertz CT molecular complexity index is 1320. The normalized spacial score (nSPS) is 13.4. The number of hydrogen-bond acceptors (Lipinski definition) is 5. The van der Waals surface area contributed by atoms with Crippen LogP contribution in [0.3, 0.4) is 0 Å². The van der Waals surface area contributed by atoms with Crippen molar-refractivity contribution in [1.29, 1.82) is 0 Å². The largest absolute Gasteiger partial charge is 0.417 e. The van der Waals surface area contributed by atoms with E-state index in [0.29, 0.717) is 23.5 Å². The van der Waals surface area contributed by atoms with E-state index < -0.39 is 11.7 Å². The molecule has 5 rings (SSSR count). The highest BCUT2D eigenvalue weighted by Crippen LogP contribution is 2.39. The van der Waals surface area contributed by atoms with Crippen molar-refractivity contribution in [3.63, 3.8) is 0 Å². The fourth-order valence-electron chi connectivity index (χ4n) is 3.47. The SMILES string of the molecule is FC(F)(F)c1cc(-c2nc(-c3ccc(C4=NCC=N4)cc3)no2)ccc1-c1ccccc1. The molecule has 5 nitrogen and oxygen atoms in total. The van der Waals surface area contributed by atoms with Crippen molar-refractivity contribution in [2.24, 2.45) is 9.98 Å². The minimum atomic E-state index is -4.54. The average molecular weight is 432 g/mol. The van der Waals surface area contributed by atoms with Gasteiger partial charge in [0.25, 0.3) is 5.89 Å². The van der Waals surface area contributed by atoms with Crippen LogP contribution >= 0.6 is 0 Å². The van der Waals surface area contributed by atoms with Gasteiger partial charge in [0.15, 0.2) is 5.84 Å². The van der Waals surface area contributed by atoms with Crippen molar-refractivity contribution in [1.82, 2.24) is 10.1 Å². The summed E-state index contributed by atoms with van der Waals surface area (Å²) in [5.74, 6) is 0.951. The van der Waals surface area contributed by atoms with Gasteiger partial charge in [-0.25, -0.2) is 4.99 Å². The number of aliphatic imine (C=N–C) groups is 2. The second kappa shape index (κ2) is 7.88. The first-order valence-electron chi connectivity index (χ1n) is 9.77.